The fraction of sp³-hybridized carbons (Fsp3) is 0.424. The summed E-state index contributed by atoms with van der Waals surface area (Å²) in [5.74, 6) is 0. The number of rotatable bonds is 3. The Hall–Kier alpha value is -5.48. The number of benzene rings is 6. The topological polar surface area (TPSA) is 19.6 Å². The second-order valence-electron chi connectivity index (χ2n) is 27.6. The highest BCUT2D eigenvalue weighted by molar-refractivity contribution is 6.93. The summed E-state index contributed by atoms with van der Waals surface area (Å²) in [4.78, 5) is 5.35. The molecule has 6 aromatic carbocycles. The Morgan fingerprint density at radius 1 is 0.457 bits per heavy atom. The van der Waals surface area contributed by atoms with Gasteiger partial charge >= 0.3 is 6.85 Å². The molecule has 11 rings (SSSR count). The van der Waals surface area contributed by atoms with Gasteiger partial charge in [-0.25, -0.2) is 0 Å². The lowest BCUT2D eigenvalue weighted by Crippen LogP contribution is -2.61. The van der Waals surface area contributed by atoms with Gasteiger partial charge in [0, 0.05) is 33.6 Å². The highest BCUT2D eigenvalue weighted by Gasteiger charge is 2.51. The second-order valence-corrected chi connectivity index (χ2v) is 27.6. The van der Waals surface area contributed by atoms with Gasteiger partial charge in [0.05, 0.1) is 11.4 Å². The van der Waals surface area contributed by atoms with Gasteiger partial charge in [0.25, 0.3) is 0 Å². The van der Waals surface area contributed by atoms with Crippen LogP contribution in [-0.4, -0.2) is 6.85 Å². The highest BCUT2D eigenvalue weighted by Crippen LogP contribution is 2.56. The maximum atomic E-state index is 7.79. The summed E-state index contributed by atoms with van der Waals surface area (Å²) in [7, 11) is 0. The SMILES string of the molecule is CC(C)(C)c1ccc2c(c1)-c1cc(C(C)(C)C)cc3c1B(c1oc4cc5c(cc4c1N3c1ccc(C(C)(C)C)cc1-c1ccccc1)C(C)(C)CCC5(C)C)N2c1ccc2c(c1)C(C)(C)CCC2(C)C. The van der Waals surface area contributed by atoms with Gasteiger partial charge in [0.2, 0.25) is 0 Å². The molecule has 3 heterocycles. The molecule has 0 radical (unpaired) electrons. The van der Waals surface area contributed by atoms with Crippen molar-refractivity contribution in [3.63, 3.8) is 0 Å². The number of anilines is 5. The molecule has 2 aliphatic carbocycles. The van der Waals surface area contributed by atoms with Crippen LogP contribution in [0.3, 0.4) is 0 Å². The summed E-state index contributed by atoms with van der Waals surface area (Å²) < 4.78 is 7.79. The summed E-state index contributed by atoms with van der Waals surface area (Å²) in [6.07, 6.45) is 4.63. The molecule has 4 aliphatic rings. The number of hydrogen-bond acceptors (Lipinski definition) is 3. The molecule has 0 amide bonds. The summed E-state index contributed by atoms with van der Waals surface area (Å²) in [5.41, 5.74) is 24.1. The van der Waals surface area contributed by atoms with E-state index in [0.717, 1.165) is 36.2 Å². The third-order valence-electron chi connectivity index (χ3n) is 17.6. The van der Waals surface area contributed by atoms with E-state index in [2.05, 4.69) is 237 Å². The van der Waals surface area contributed by atoms with Crippen LogP contribution in [0.15, 0.2) is 114 Å². The van der Waals surface area contributed by atoms with Crippen molar-refractivity contribution in [3.8, 4) is 22.3 Å². The summed E-state index contributed by atoms with van der Waals surface area (Å²) in [6, 6.07) is 43.3. The minimum Gasteiger partial charge on any atom is -0.466 e. The van der Waals surface area contributed by atoms with Gasteiger partial charge in [-0.1, -0.05) is 172 Å². The standard InChI is InChI=1S/C66H77BN2O/c1-60(2,3)41-23-27-53(45(33-41)40-21-19-18-20-22-40)68-55-36-43(62(7,8)9)35-47-46-34-42(61(4,5)6)24-28-54(46)69(44-25-26-49-50(37-44)64(12,13)30-29-63(49,10)11)67(57(47)55)59-58(68)48-38-51-52(39-56(48)70-59)66(16,17)32-31-65(51,14)15/h18-28,33-39H,29-32H2,1-17H3. The van der Waals surface area contributed by atoms with Crippen molar-refractivity contribution in [2.24, 2.45) is 0 Å². The summed E-state index contributed by atoms with van der Waals surface area (Å²) in [6.45, 7) is 40.5. The first kappa shape index (κ1) is 46.9. The van der Waals surface area contributed by atoms with E-state index in [1.807, 2.05) is 0 Å². The largest absolute Gasteiger partial charge is 0.466 e. The highest BCUT2D eigenvalue weighted by atomic mass is 16.3. The van der Waals surface area contributed by atoms with Crippen LogP contribution < -0.4 is 20.8 Å². The predicted molar refractivity (Wildman–Crippen MR) is 302 cm³/mol. The van der Waals surface area contributed by atoms with Gasteiger partial charge in [-0.15, -0.1) is 0 Å². The molecule has 2 aliphatic heterocycles. The molecular formula is C66H77BN2O. The van der Waals surface area contributed by atoms with Crippen molar-refractivity contribution in [1.29, 1.82) is 0 Å². The van der Waals surface area contributed by atoms with E-state index < -0.39 is 0 Å². The van der Waals surface area contributed by atoms with E-state index in [1.54, 1.807) is 0 Å². The second kappa shape index (κ2) is 15.0. The Labute approximate surface area is 421 Å². The zero-order valence-electron chi connectivity index (χ0n) is 45.6. The van der Waals surface area contributed by atoms with E-state index in [9.17, 15) is 0 Å². The molecule has 70 heavy (non-hydrogen) atoms. The lowest BCUT2D eigenvalue weighted by atomic mass is 9.45. The van der Waals surface area contributed by atoms with E-state index in [4.69, 9.17) is 4.42 Å². The number of fused-ring (bicyclic) bond motifs is 8. The Balaban J connectivity index is 1.32. The maximum absolute atomic E-state index is 7.79. The zero-order chi connectivity index (χ0) is 50.0. The normalized spacial score (nSPS) is 18.5. The average molecular weight is 925 g/mol. The van der Waals surface area contributed by atoms with Gasteiger partial charge in [-0.2, -0.15) is 0 Å². The molecule has 0 unspecified atom stereocenters. The van der Waals surface area contributed by atoms with Gasteiger partial charge in [0.15, 0.2) is 0 Å². The molecule has 0 fully saturated rings. The molecule has 7 aromatic rings. The third-order valence-corrected chi connectivity index (χ3v) is 17.6. The van der Waals surface area contributed by atoms with Gasteiger partial charge < -0.3 is 14.1 Å². The molecule has 0 atom stereocenters. The zero-order valence-corrected chi connectivity index (χ0v) is 45.6. The molecule has 1 aromatic heterocycles. The quantitative estimate of drug-likeness (QED) is 0.165. The van der Waals surface area contributed by atoms with Gasteiger partial charge in [-0.05, 0) is 174 Å². The van der Waals surface area contributed by atoms with Crippen LogP contribution in [0.25, 0.3) is 33.2 Å². The van der Waals surface area contributed by atoms with Crippen LogP contribution in [0, 0.1) is 0 Å². The van der Waals surface area contributed by atoms with Crippen molar-refractivity contribution >= 4 is 57.4 Å². The lowest BCUT2D eigenvalue weighted by Gasteiger charge is -2.46. The number of nitrogens with zero attached hydrogens (tertiary/aromatic N) is 2. The fourth-order valence-electron chi connectivity index (χ4n) is 12.7. The lowest BCUT2D eigenvalue weighted by molar-refractivity contribution is 0.332. The van der Waals surface area contributed by atoms with E-state index in [1.165, 1.54) is 101 Å². The molecule has 4 heteroatoms. The van der Waals surface area contributed by atoms with Gasteiger partial charge in [0.1, 0.15) is 11.2 Å². The molecule has 360 valence electrons. The maximum Gasteiger partial charge on any atom is 0.375 e. The summed E-state index contributed by atoms with van der Waals surface area (Å²) >= 11 is 0. The van der Waals surface area contributed by atoms with Crippen molar-refractivity contribution in [1.82, 2.24) is 0 Å². The smallest absolute Gasteiger partial charge is 0.375 e. The van der Waals surface area contributed by atoms with Crippen molar-refractivity contribution in [3.05, 3.63) is 148 Å². The Morgan fingerprint density at radius 3 is 1.56 bits per heavy atom. The van der Waals surface area contributed by atoms with Crippen molar-refractivity contribution < 1.29 is 4.42 Å². The van der Waals surface area contributed by atoms with Crippen molar-refractivity contribution in [2.75, 3.05) is 9.71 Å². The molecule has 0 N–H and O–H groups in total. The first-order chi connectivity index (χ1) is 32.6. The molecule has 0 saturated heterocycles. The molecular weight excluding hydrogens is 848 g/mol. The van der Waals surface area contributed by atoms with Crippen LogP contribution in [0.4, 0.5) is 28.4 Å². The fourth-order valence-corrected chi connectivity index (χ4v) is 12.7. The molecule has 0 saturated carbocycles. The van der Waals surface area contributed by atoms with E-state index >= 15 is 0 Å². The summed E-state index contributed by atoms with van der Waals surface area (Å²) in [5, 5.41) is 1.19. The van der Waals surface area contributed by atoms with Gasteiger partial charge in [-0.3, -0.25) is 0 Å². The molecule has 0 bridgehead atoms. The third kappa shape index (κ3) is 7.18. The Kier molecular flexibility index (Phi) is 10.1. The van der Waals surface area contributed by atoms with Crippen LogP contribution in [0.2, 0.25) is 0 Å². The Bertz CT molecular complexity index is 3280. The van der Waals surface area contributed by atoms with E-state index in [0.29, 0.717) is 0 Å². The van der Waals surface area contributed by atoms with Crippen LogP contribution >= 0.6 is 0 Å². The predicted octanol–water partition coefficient (Wildman–Crippen LogP) is 17.4. The Morgan fingerprint density at radius 2 is 0.971 bits per heavy atom. The minimum absolute atomic E-state index is 0.0149. The monoisotopic (exact) mass is 925 g/mol. The van der Waals surface area contributed by atoms with Crippen LogP contribution in [0.5, 0.6) is 0 Å². The van der Waals surface area contributed by atoms with E-state index in [-0.39, 0.29) is 44.8 Å². The minimum atomic E-state index is -0.240. The molecule has 3 nitrogen and oxygen atoms in total. The number of hydrogen-bond donors (Lipinski definition) is 0. The first-order valence-corrected chi connectivity index (χ1v) is 26.5. The van der Waals surface area contributed by atoms with Crippen LogP contribution in [-0.2, 0) is 37.9 Å². The van der Waals surface area contributed by atoms with Crippen LogP contribution in [0.1, 0.15) is 182 Å². The first-order valence-electron chi connectivity index (χ1n) is 26.5. The average Bonchev–Trinajstić information content (AvgIpc) is 3.66. The van der Waals surface area contributed by atoms with Crippen molar-refractivity contribution in [2.45, 2.75) is 181 Å². The number of furan rings is 1. The molecule has 0 spiro atoms.